The van der Waals surface area contributed by atoms with E-state index in [0.29, 0.717) is 11.4 Å². The Morgan fingerprint density at radius 2 is 2.00 bits per heavy atom. The van der Waals surface area contributed by atoms with Crippen molar-refractivity contribution >= 4 is 17.3 Å². The summed E-state index contributed by atoms with van der Waals surface area (Å²) in [6, 6.07) is 11.2. The van der Waals surface area contributed by atoms with Gasteiger partial charge in [0.05, 0.1) is 11.9 Å². The van der Waals surface area contributed by atoms with Gasteiger partial charge in [0.25, 0.3) is 5.91 Å². The normalized spacial score (nSPS) is 10.7. The van der Waals surface area contributed by atoms with Crippen LogP contribution in [0.1, 0.15) is 29.9 Å². The number of aromatic nitrogens is 1. The van der Waals surface area contributed by atoms with E-state index in [2.05, 4.69) is 35.1 Å². The van der Waals surface area contributed by atoms with Crippen molar-refractivity contribution < 1.29 is 4.79 Å². The molecule has 0 fully saturated rings. The monoisotopic (exact) mass is 298 g/mol. The summed E-state index contributed by atoms with van der Waals surface area (Å²) in [5, 5.41) is 2.87. The fraction of sp³-hybridized carbons (Fsp3) is 0.294. The van der Waals surface area contributed by atoms with Crippen LogP contribution in [-0.4, -0.2) is 28.9 Å². The summed E-state index contributed by atoms with van der Waals surface area (Å²) in [6.45, 7) is 7.16. The summed E-state index contributed by atoms with van der Waals surface area (Å²) in [5.74, 6) is -0.236. The number of carbonyl (C=O) groups is 1. The smallest absolute Gasteiger partial charge is 0.274 e. The van der Waals surface area contributed by atoms with Crippen molar-refractivity contribution in [3.63, 3.8) is 0 Å². The van der Waals surface area contributed by atoms with Crippen molar-refractivity contribution in [3.05, 3.63) is 53.9 Å². The minimum Gasteiger partial charge on any atom is -0.397 e. The first-order valence-corrected chi connectivity index (χ1v) is 7.46. The highest BCUT2D eigenvalue weighted by Gasteiger charge is 2.08. The number of nitrogens with one attached hydrogen (secondary N) is 1. The van der Waals surface area contributed by atoms with Crippen LogP contribution in [-0.2, 0) is 6.54 Å². The third-order valence-corrected chi connectivity index (χ3v) is 3.50. The van der Waals surface area contributed by atoms with Crippen LogP contribution in [0.15, 0.2) is 42.6 Å². The number of hydrogen-bond donors (Lipinski definition) is 2. The van der Waals surface area contributed by atoms with Gasteiger partial charge in [-0.25, -0.2) is 4.98 Å². The summed E-state index contributed by atoms with van der Waals surface area (Å²) in [6.07, 6.45) is 1.48. The maximum absolute atomic E-state index is 12.1. The van der Waals surface area contributed by atoms with Gasteiger partial charge in [-0.15, -0.1) is 0 Å². The van der Waals surface area contributed by atoms with Crippen LogP contribution in [0.2, 0.25) is 0 Å². The zero-order chi connectivity index (χ0) is 15.9. The molecule has 0 aliphatic rings. The average molecular weight is 298 g/mol. The molecular formula is C17H22N4O. The van der Waals surface area contributed by atoms with Crippen molar-refractivity contribution in [1.82, 2.24) is 9.88 Å². The second-order valence-electron chi connectivity index (χ2n) is 5.09. The fourth-order valence-electron chi connectivity index (χ4n) is 2.19. The highest BCUT2D eigenvalue weighted by atomic mass is 16.1. The van der Waals surface area contributed by atoms with Crippen molar-refractivity contribution in [2.45, 2.75) is 20.4 Å². The van der Waals surface area contributed by atoms with Gasteiger partial charge in [0.1, 0.15) is 5.69 Å². The molecule has 1 heterocycles. The standard InChI is InChI=1S/C17H22N4O/c1-3-21(4-2)12-13-6-5-7-15(10-13)20-17(22)16-9-8-14(18)11-19-16/h5-11H,3-4,12,18H2,1-2H3,(H,20,22). The summed E-state index contributed by atoms with van der Waals surface area (Å²) in [5.41, 5.74) is 8.41. The van der Waals surface area contributed by atoms with Crippen LogP contribution in [0, 0.1) is 0 Å². The van der Waals surface area contributed by atoms with Gasteiger partial charge < -0.3 is 11.1 Å². The van der Waals surface area contributed by atoms with Crippen molar-refractivity contribution in [2.24, 2.45) is 0 Å². The van der Waals surface area contributed by atoms with E-state index in [0.717, 1.165) is 25.3 Å². The Labute approximate surface area is 131 Å². The number of amides is 1. The molecule has 0 atom stereocenters. The fourth-order valence-corrected chi connectivity index (χ4v) is 2.19. The average Bonchev–Trinajstić information content (AvgIpc) is 2.53. The van der Waals surface area contributed by atoms with E-state index in [4.69, 9.17) is 5.73 Å². The Morgan fingerprint density at radius 3 is 2.64 bits per heavy atom. The van der Waals surface area contributed by atoms with Crippen LogP contribution >= 0.6 is 0 Å². The number of carbonyl (C=O) groups excluding carboxylic acids is 1. The SMILES string of the molecule is CCN(CC)Cc1cccc(NC(=O)c2ccc(N)cn2)c1. The number of nitrogen functional groups attached to an aromatic ring is 1. The van der Waals surface area contributed by atoms with Crippen LogP contribution in [0.4, 0.5) is 11.4 Å². The molecule has 0 aliphatic carbocycles. The molecule has 2 aromatic rings. The number of benzene rings is 1. The molecule has 5 nitrogen and oxygen atoms in total. The molecule has 0 spiro atoms. The number of anilines is 2. The third kappa shape index (κ3) is 4.30. The van der Waals surface area contributed by atoms with E-state index in [-0.39, 0.29) is 5.91 Å². The van der Waals surface area contributed by atoms with E-state index in [1.807, 2.05) is 18.2 Å². The van der Waals surface area contributed by atoms with Gasteiger partial charge in [0.15, 0.2) is 0 Å². The summed E-state index contributed by atoms with van der Waals surface area (Å²) in [7, 11) is 0. The molecule has 1 aromatic heterocycles. The predicted molar refractivity (Wildman–Crippen MR) is 89.7 cm³/mol. The quantitative estimate of drug-likeness (QED) is 0.860. The van der Waals surface area contributed by atoms with Gasteiger partial charge in [0, 0.05) is 12.2 Å². The van der Waals surface area contributed by atoms with E-state index in [9.17, 15) is 4.79 Å². The highest BCUT2D eigenvalue weighted by molar-refractivity contribution is 6.02. The second kappa shape index (κ2) is 7.56. The third-order valence-electron chi connectivity index (χ3n) is 3.50. The van der Waals surface area contributed by atoms with Crippen LogP contribution in [0.5, 0.6) is 0 Å². The number of pyridine rings is 1. The minimum atomic E-state index is -0.236. The predicted octanol–water partition coefficient (Wildman–Crippen LogP) is 2.76. The molecule has 22 heavy (non-hydrogen) atoms. The van der Waals surface area contributed by atoms with Crippen molar-refractivity contribution in [1.29, 1.82) is 0 Å². The Bertz CT molecular complexity index is 621. The first kappa shape index (κ1) is 16.0. The Morgan fingerprint density at radius 1 is 1.23 bits per heavy atom. The van der Waals surface area contributed by atoms with E-state index in [1.165, 1.54) is 11.8 Å². The lowest BCUT2D eigenvalue weighted by atomic mass is 10.2. The lowest BCUT2D eigenvalue weighted by molar-refractivity contribution is 0.102. The Kier molecular flexibility index (Phi) is 5.49. The lowest BCUT2D eigenvalue weighted by Gasteiger charge is -2.18. The molecule has 5 heteroatoms. The van der Waals surface area contributed by atoms with Crippen molar-refractivity contribution in [2.75, 3.05) is 24.1 Å². The topological polar surface area (TPSA) is 71.2 Å². The maximum Gasteiger partial charge on any atom is 0.274 e. The minimum absolute atomic E-state index is 0.236. The molecule has 0 saturated carbocycles. The van der Waals surface area contributed by atoms with E-state index >= 15 is 0 Å². The van der Waals surface area contributed by atoms with Gasteiger partial charge in [-0.3, -0.25) is 9.69 Å². The van der Waals surface area contributed by atoms with Crippen molar-refractivity contribution in [3.8, 4) is 0 Å². The lowest BCUT2D eigenvalue weighted by Crippen LogP contribution is -2.22. The first-order valence-electron chi connectivity index (χ1n) is 7.46. The van der Waals surface area contributed by atoms with E-state index in [1.54, 1.807) is 12.1 Å². The molecule has 0 bridgehead atoms. The summed E-state index contributed by atoms with van der Waals surface area (Å²) < 4.78 is 0. The van der Waals surface area contributed by atoms with Crippen LogP contribution in [0.25, 0.3) is 0 Å². The highest BCUT2D eigenvalue weighted by Crippen LogP contribution is 2.14. The molecule has 116 valence electrons. The zero-order valence-electron chi connectivity index (χ0n) is 13.0. The molecule has 0 aliphatic heterocycles. The summed E-state index contributed by atoms with van der Waals surface area (Å²) >= 11 is 0. The van der Waals surface area contributed by atoms with Crippen LogP contribution < -0.4 is 11.1 Å². The molecule has 0 saturated heterocycles. The molecule has 0 radical (unpaired) electrons. The molecule has 2 rings (SSSR count). The number of hydrogen-bond acceptors (Lipinski definition) is 4. The molecule has 1 amide bonds. The number of rotatable bonds is 6. The first-order chi connectivity index (χ1) is 10.6. The largest absolute Gasteiger partial charge is 0.397 e. The van der Waals surface area contributed by atoms with Gasteiger partial charge in [-0.1, -0.05) is 26.0 Å². The van der Waals surface area contributed by atoms with Gasteiger partial charge in [-0.05, 0) is 42.9 Å². The number of nitrogens with two attached hydrogens (primary N) is 1. The van der Waals surface area contributed by atoms with Gasteiger partial charge in [0.2, 0.25) is 0 Å². The molecule has 0 unspecified atom stereocenters. The maximum atomic E-state index is 12.1. The molecular weight excluding hydrogens is 276 g/mol. The Balaban J connectivity index is 2.06. The van der Waals surface area contributed by atoms with E-state index < -0.39 is 0 Å². The summed E-state index contributed by atoms with van der Waals surface area (Å²) in [4.78, 5) is 18.5. The second-order valence-corrected chi connectivity index (χ2v) is 5.09. The molecule has 1 aromatic carbocycles. The van der Waals surface area contributed by atoms with Gasteiger partial charge in [-0.2, -0.15) is 0 Å². The number of nitrogens with zero attached hydrogens (tertiary/aromatic N) is 2. The Hall–Kier alpha value is -2.40. The zero-order valence-corrected chi connectivity index (χ0v) is 13.0. The van der Waals surface area contributed by atoms with Gasteiger partial charge >= 0.3 is 0 Å². The van der Waals surface area contributed by atoms with Crippen LogP contribution in [0.3, 0.4) is 0 Å². The molecule has 3 N–H and O–H groups in total.